The molecule has 0 amide bonds. The molecule has 0 bridgehead atoms. The first kappa shape index (κ1) is 39.7. The number of ether oxygens (including phenoxy) is 2. The fraction of sp³-hybridized carbons (Fsp3) is 0.191. The highest BCUT2D eigenvalue weighted by atomic mass is 16.5. The van der Waals surface area contributed by atoms with E-state index in [-0.39, 0.29) is 19.4 Å². The first-order chi connectivity index (χ1) is 24.2. The van der Waals surface area contributed by atoms with Crippen LogP contribution in [0.1, 0.15) is 82.1 Å². The molecule has 0 heterocycles. The van der Waals surface area contributed by atoms with Crippen molar-refractivity contribution in [3.05, 3.63) is 169 Å². The number of fused-ring (bicyclic) bond motifs is 2. The maximum absolute atomic E-state index is 11.1. The zero-order valence-electron chi connectivity index (χ0n) is 29.5. The predicted molar refractivity (Wildman–Crippen MR) is 216 cm³/mol. The van der Waals surface area contributed by atoms with Crippen LogP contribution >= 0.6 is 0 Å². The molecule has 0 aliphatic rings. The van der Waals surface area contributed by atoms with E-state index < -0.39 is 0 Å². The quantitative estimate of drug-likeness (QED) is 0.113. The van der Waals surface area contributed by atoms with E-state index in [9.17, 15) is 9.59 Å². The smallest absolute Gasteiger partial charge is 0.308 e. The van der Waals surface area contributed by atoms with Crippen molar-refractivity contribution >= 4 is 45.6 Å². The normalized spacial score (nSPS) is 11.3. The second kappa shape index (κ2) is 20.1. The van der Waals surface area contributed by atoms with Gasteiger partial charge in [0, 0.05) is 13.8 Å². The molecule has 0 spiro atoms. The molecule has 0 aliphatic carbocycles. The molecule has 6 aromatic rings. The van der Waals surface area contributed by atoms with Gasteiger partial charge in [0.05, 0.1) is 0 Å². The third kappa shape index (κ3) is 12.3. The minimum Gasteiger partial charge on any atom is -0.427 e. The lowest BCUT2D eigenvalue weighted by molar-refractivity contribution is -0.132. The first-order valence-corrected chi connectivity index (χ1v) is 17.0. The van der Waals surface area contributed by atoms with E-state index >= 15 is 0 Å². The monoisotopic (exact) mass is 678 g/mol. The van der Waals surface area contributed by atoms with Crippen LogP contribution in [-0.2, 0) is 9.59 Å². The molecule has 0 fully saturated rings. The van der Waals surface area contributed by atoms with Crippen LogP contribution in [0.4, 0.5) is 0 Å². The van der Waals surface area contributed by atoms with Crippen LogP contribution in [0, 0.1) is 0 Å². The van der Waals surface area contributed by atoms with E-state index in [2.05, 4.69) is 124 Å². The molecule has 6 aromatic carbocycles. The highest BCUT2D eigenvalue weighted by molar-refractivity contribution is 5.84. The molecule has 2 atom stereocenters. The Bertz CT molecular complexity index is 2020. The molecule has 51 heavy (non-hydrogen) atoms. The maximum atomic E-state index is 11.1. The van der Waals surface area contributed by atoms with E-state index in [0.29, 0.717) is 23.3 Å². The lowest BCUT2D eigenvalue weighted by Crippen LogP contribution is -2.05. The van der Waals surface area contributed by atoms with Crippen molar-refractivity contribution in [3.8, 4) is 11.5 Å². The van der Waals surface area contributed by atoms with E-state index in [4.69, 9.17) is 9.47 Å². The SMILES string of the molecule is C.C=Cc1ccc(OC(C)=O)cc1.C=Cc1ccc2ccccc2c1.CCC(CC(C)c1ccc2ccccc2c1)c1ccc(OC(C)=O)cc1. The summed E-state index contributed by atoms with van der Waals surface area (Å²) >= 11 is 0. The summed E-state index contributed by atoms with van der Waals surface area (Å²) in [5.74, 6) is 1.56. The number of benzene rings is 6. The van der Waals surface area contributed by atoms with Gasteiger partial charge >= 0.3 is 11.9 Å². The van der Waals surface area contributed by atoms with Crippen LogP contribution in [0.5, 0.6) is 11.5 Å². The van der Waals surface area contributed by atoms with Gasteiger partial charge in [0.25, 0.3) is 0 Å². The van der Waals surface area contributed by atoms with Gasteiger partial charge in [-0.1, -0.05) is 150 Å². The van der Waals surface area contributed by atoms with E-state index in [1.807, 2.05) is 30.3 Å². The van der Waals surface area contributed by atoms with Gasteiger partial charge < -0.3 is 9.47 Å². The Morgan fingerprint density at radius 3 is 1.51 bits per heavy atom. The Labute approximate surface area is 304 Å². The maximum Gasteiger partial charge on any atom is 0.308 e. The van der Waals surface area contributed by atoms with Crippen molar-refractivity contribution in [1.82, 2.24) is 0 Å². The van der Waals surface area contributed by atoms with Crippen LogP contribution in [0.15, 0.2) is 147 Å². The Kier molecular flexibility index (Phi) is 15.6. The summed E-state index contributed by atoms with van der Waals surface area (Å²) in [6, 6.07) is 45.1. The van der Waals surface area contributed by atoms with Gasteiger partial charge in [-0.15, -0.1) is 0 Å². The lowest BCUT2D eigenvalue weighted by Gasteiger charge is -2.21. The molecule has 0 saturated heterocycles. The van der Waals surface area contributed by atoms with Gasteiger partial charge in [0.15, 0.2) is 0 Å². The highest BCUT2D eigenvalue weighted by Crippen LogP contribution is 2.34. The molecule has 0 radical (unpaired) electrons. The number of carbonyl (C=O) groups is 2. The molecule has 4 heteroatoms. The molecule has 0 aliphatic heterocycles. The van der Waals surface area contributed by atoms with Gasteiger partial charge in [-0.2, -0.15) is 0 Å². The van der Waals surface area contributed by atoms with Crippen molar-refractivity contribution in [2.24, 2.45) is 0 Å². The molecular weight excluding hydrogens is 629 g/mol. The fourth-order valence-corrected chi connectivity index (χ4v) is 5.76. The minimum atomic E-state index is -0.304. The van der Waals surface area contributed by atoms with Crippen LogP contribution < -0.4 is 9.47 Å². The van der Waals surface area contributed by atoms with Gasteiger partial charge in [0.2, 0.25) is 0 Å². The predicted octanol–water partition coefficient (Wildman–Crippen LogP) is 12.8. The van der Waals surface area contributed by atoms with Crippen molar-refractivity contribution in [2.45, 2.75) is 59.8 Å². The Hall–Kier alpha value is -5.74. The lowest BCUT2D eigenvalue weighted by atomic mass is 9.84. The highest BCUT2D eigenvalue weighted by Gasteiger charge is 2.16. The number of carbonyl (C=O) groups excluding carboxylic acids is 2. The summed E-state index contributed by atoms with van der Waals surface area (Å²) in [5.41, 5.74) is 4.87. The van der Waals surface area contributed by atoms with Crippen LogP contribution in [0.2, 0.25) is 0 Å². The van der Waals surface area contributed by atoms with Crippen LogP contribution in [0.3, 0.4) is 0 Å². The van der Waals surface area contributed by atoms with Crippen LogP contribution in [0.25, 0.3) is 33.7 Å². The third-order valence-electron chi connectivity index (χ3n) is 8.47. The summed E-state index contributed by atoms with van der Waals surface area (Å²) in [6.07, 6.45) is 5.79. The Balaban J connectivity index is 0.000000233. The summed E-state index contributed by atoms with van der Waals surface area (Å²) in [5, 5.41) is 5.14. The molecule has 2 unspecified atom stereocenters. The van der Waals surface area contributed by atoms with E-state index in [1.54, 1.807) is 18.2 Å². The standard InChI is InChI=1S/C24H26O2.C12H10.C10H10O2.CH4/c1-4-19(21-11-13-24(14-12-21)26-18(3)25)15-17(2)22-10-9-20-7-5-6-8-23(20)16-22;1-2-10-7-8-11-5-3-4-6-12(11)9-10;1-3-9-4-6-10(7-5-9)12-8(2)11;/h5-14,16-17,19H,4,15H2,1-3H3;2-9H,1H2;3-7H,1H2,2H3;1H4. The van der Waals surface area contributed by atoms with Gasteiger partial charge in [-0.05, 0) is 98.8 Å². The Morgan fingerprint density at radius 1 is 0.588 bits per heavy atom. The van der Waals surface area contributed by atoms with Gasteiger partial charge in [-0.25, -0.2) is 0 Å². The molecule has 262 valence electrons. The van der Waals surface area contributed by atoms with Crippen molar-refractivity contribution in [2.75, 3.05) is 0 Å². The molecular formula is C47H50O4. The fourth-order valence-electron chi connectivity index (χ4n) is 5.76. The van der Waals surface area contributed by atoms with Crippen molar-refractivity contribution < 1.29 is 19.1 Å². The summed E-state index contributed by atoms with van der Waals surface area (Å²) in [6.45, 7) is 14.7. The summed E-state index contributed by atoms with van der Waals surface area (Å²) in [7, 11) is 0. The van der Waals surface area contributed by atoms with E-state index in [0.717, 1.165) is 18.4 Å². The van der Waals surface area contributed by atoms with Gasteiger partial charge in [-0.3, -0.25) is 9.59 Å². The van der Waals surface area contributed by atoms with E-state index in [1.165, 1.54) is 52.1 Å². The number of hydrogen-bond acceptors (Lipinski definition) is 4. The third-order valence-corrected chi connectivity index (χ3v) is 8.47. The zero-order valence-corrected chi connectivity index (χ0v) is 29.5. The largest absolute Gasteiger partial charge is 0.427 e. The first-order valence-electron chi connectivity index (χ1n) is 17.0. The van der Waals surface area contributed by atoms with Crippen molar-refractivity contribution in [1.29, 1.82) is 0 Å². The Morgan fingerprint density at radius 2 is 1.02 bits per heavy atom. The van der Waals surface area contributed by atoms with Gasteiger partial charge in [0.1, 0.15) is 11.5 Å². The topological polar surface area (TPSA) is 52.6 Å². The molecule has 6 rings (SSSR count). The average molecular weight is 679 g/mol. The second-order valence-electron chi connectivity index (χ2n) is 12.2. The number of hydrogen-bond donors (Lipinski definition) is 0. The zero-order chi connectivity index (χ0) is 35.9. The number of esters is 2. The summed E-state index contributed by atoms with van der Waals surface area (Å²) in [4.78, 5) is 21.6. The number of rotatable bonds is 9. The molecule has 0 aromatic heterocycles. The molecule has 4 nitrogen and oxygen atoms in total. The second-order valence-corrected chi connectivity index (χ2v) is 12.2. The minimum absolute atomic E-state index is 0. The molecule has 0 saturated carbocycles. The van der Waals surface area contributed by atoms with Crippen molar-refractivity contribution in [3.63, 3.8) is 0 Å². The summed E-state index contributed by atoms with van der Waals surface area (Å²) < 4.78 is 9.98. The average Bonchev–Trinajstić information content (AvgIpc) is 3.14. The van der Waals surface area contributed by atoms with Crippen LogP contribution in [-0.4, -0.2) is 11.9 Å². The molecule has 0 N–H and O–H groups in total.